The molecule has 0 aromatic heterocycles. The molecular weight excluding hydrogens is 197 g/mol. The summed E-state index contributed by atoms with van der Waals surface area (Å²) in [5, 5.41) is 9.83. The lowest BCUT2D eigenvalue weighted by molar-refractivity contribution is 0.241. The van der Waals surface area contributed by atoms with Crippen LogP contribution in [0.3, 0.4) is 0 Å². The molecule has 0 aliphatic heterocycles. The normalized spacial score (nSPS) is 18.3. The Balaban J connectivity index is 2.49. The average molecular weight is 211 g/mol. The van der Waals surface area contributed by atoms with E-state index in [2.05, 4.69) is 0 Å². The molecule has 1 aliphatic rings. The van der Waals surface area contributed by atoms with Gasteiger partial charge in [0.05, 0.1) is 7.11 Å². The molecule has 2 rings (SSSR count). The van der Waals surface area contributed by atoms with Crippen LogP contribution in [0.2, 0.25) is 0 Å². The van der Waals surface area contributed by atoms with Crippen LogP contribution in [-0.2, 0) is 5.54 Å². The maximum absolute atomic E-state index is 13.2. The maximum atomic E-state index is 13.2. The molecule has 1 fully saturated rings. The highest BCUT2D eigenvalue weighted by Crippen LogP contribution is 2.45. The van der Waals surface area contributed by atoms with Gasteiger partial charge < -0.3 is 15.6 Å². The Bertz CT molecular complexity index is 388. The van der Waals surface area contributed by atoms with Crippen molar-refractivity contribution in [2.45, 2.75) is 24.8 Å². The molecule has 0 radical (unpaired) electrons. The van der Waals surface area contributed by atoms with E-state index in [9.17, 15) is 9.50 Å². The van der Waals surface area contributed by atoms with E-state index in [0.29, 0.717) is 5.56 Å². The van der Waals surface area contributed by atoms with E-state index in [1.54, 1.807) is 0 Å². The Labute approximate surface area is 87.7 Å². The third kappa shape index (κ3) is 1.45. The first-order valence-electron chi connectivity index (χ1n) is 4.93. The number of phenols is 1. The Hall–Kier alpha value is -1.29. The highest BCUT2D eigenvalue weighted by Gasteiger charge is 2.37. The first-order chi connectivity index (χ1) is 7.08. The highest BCUT2D eigenvalue weighted by molar-refractivity contribution is 5.50. The Morgan fingerprint density at radius 3 is 2.60 bits per heavy atom. The second kappa shape index (κ2) is 3.38. The SMILES string of the molecule is COc1c(F)ccc(C2(N)CCC2)c1O. The maximum Gasteiger partial charge on any atom is 0.196 e. The van der Waals surface area contributed by atoms with Crippen LogP contribution >= 0.6 is 0 Å². The molecule has 4 heteroatoms. The van der Waals surface area contributed by atoms with E-state index < -0.39 is 11.4 Å². The smallest absolute Gasteiger partial charge is 0.196 e. The van der Waals surface area contributed by atoms with E-state index in [-0.39, 0.29) is 11.5 Å². The van der Waals surface area contributed by atoms with Crippen LogP contribution in [0.25, 0.3) is 0 Å². The topological polar surface area (TPSA) is 55.5 Å². The molecule has 1 aromatic rings. The molecule has 15 heavy (non-hydrogen) atoms. The highest BCUT2D eigenvalue weighted by atomic mass is 19.1. The van der Waals surface area contributed by atoms with Gasteiger partial charge in [0.2, 0.25) is 0 Å². The summed E-state index contributed by atoms with van der Waals surface area (Å²) in [5.41, 5.74) is 6.13. The van der Waals surface area contributed by atoms with Crippen LogP contribution in [0, 0.1) is 5.82 Å². The van der Waals surface area contributed by atoms with Gasteiger partial charge in [-0.25, -0.2) is 4.39 Å². The standard InChI is InChI=1S/C11H14FNO2/c1-15-10-8(12)4-3-7(9(10)14)11(13)5-2-6-11/h3-4,14H,2,5-6,13H2,1H3. The third-order valence-electron chi connectivity index (χ3n) is 3.07. The molecule has 1 saturated carbocycles. The summed E-state index contributed by atoms with van der Waals surface area (Å²) < 4.78 is 18.0. The summed E-state index contributed by atoms with van der Waals surface area (Å²) in [5.74, 6) is -0.856. The number of aromatic hydroxyl groups is 1. The first-order valence-corrected chi connectivity index (χ1v) is 4.93. The second-order valence-corrected chi connectivity index (χ2v) is 3.99. The number of halogens is 1. The molecule has 0 spiro atoms. The van der Waals surface area contributed by atoms with Gasteiger partial charge in [-0.05, 0) is 25.3 Å². The zero-order valence-corrected chi connectivity index (χ0v) is 8.59. The molecule has 1 aliphatic carbocycles. The fraction of sp³-hybridized carbons (Fsp3) is 0.455. The molecular formula is C11H14FNO2. The first kappa shape index (κ1) is 10.2. The minimum atomic E-state index is -0.568. The van der Waals surface area contributed by atoms with Crippen LogP contribution < -0.4 is 10.5 Å². The van der Waals surface area contributed by atoms with Gasteiger partial charge in [-0.3, -0.25) is 0 Å². The summed E-state index contributed by atoms with van der Waals surface area (Å²) in [6.07, 6.45) is 2.67. The van der Waals surface area contributed by atoms with E-state index >= 15 is 0 Å². The fourth-order valence-corrected chi connectivity index (χ4v) is 1.97. The summed E-state index contributed by atoms with van der Waals surface area (Å²) in [7, 11) is 1.33. The number of phenolic OH excluding ortho intramolecular Hbond substituents is 1. The lowest BCUT2D eigenvalue weighted by Crippen LogP contribution is -2.43. The monoisotopic (exact) mass is 211 g/mol. The van der Waals surface area contributed by atoms with E-state index in [4.69, 9.17) is 10.5 Å². The van der Waals surface area contributed by atoms with Gasteiger partial charge in [0.15, 0.2) is 17.3 Å². The van der Waals surface area contributed by atoms with Crippen molar-refractivity contribution in [3.8, 4) is 11.5 Å². The molecule has 0 heterocycles. The zero-order valence-electron chi connectivity index (χ0n) is 8.59. The van der Waals surface area contributed by atoms with Crippen molar-refractivity contribution >= 4 is 0 Å². The number of benzene rings is 1. The molecule has 0 atom stereocenters. The molecule has 0 unspecified atom stereocenters. The van der Waals surface area contributed by atoms with Gasteiger partial charge in [-0.15, -0.1) is 0 Å². The molecule has 0 saturated heterocycles. The van der Waals surface area contributed by atoms with Crippen LogP contribution in [0.4, 0.5) is 4.39 Å². The van der Waals surface area contributed by atoms with Crippen molar-refractivity contribution in [2.24, 2.45) is 5.73 Å². The van der Waals surface area contributed by atoms with E-state index in [0.717, 1.165) is 19.3 Å². The van der Waals surface area contributed by atoms with Crippen molar-refractivity contribution in [2.75, 3.05) is 7.11 Å². The summed E-state index contributed by atoms with van der Waals surface area (Å²) in [4.78, 5) is 0. The predicted octanol–water partition coefficient (Wildman–Crippen LogP) is 1.88. The fourth-order valence-electron chi connectivity index (χ4n) is 1.97. The van der Waals surface area contributed by atoms with Crippen molar-refractivity contribution in [3.63, 3.8) is 0 Å². The molecule has 3 nitrogen and oxygen atoms in total. The lowest BCUT2D eigenvalue weighted by Gasteiger charge is -2.39. The predicted molar refractivity (Wildman–Crippen MR) is 54.3 cm³/mol. The Morgan fingerprint density at radius 2 is 2.13 bits per heavy atom. The number of nitrogens with two attached hydrogens (primary N) is 1. The van der Waals surface area contributed by atoms with Crippen LogP contribution in [0.1, 0.15) is 24.8 Å². The van der Waals surface area contributed by atoms with Crippen molar-refractivity contribution in [1.29, 1.82) is 0 Å². The van der Waals surface area contributed by atoms with Crippen LogP contribution in [-0.4, -0.2) is 12.2 Å². The van der Waals surface area contributed by atoms with Gasteiger partial charge >= 0.3 is 0 Å². The van der Waals surface area contributed by atoms with Crippen LogP contribution in [0.5, 0.6) is 11.5 Å². The minimum Gasteiger partial charge on any atom is -0.504 e. The Morgan fingerprint density at radius 1 is 1.47 bits per heavy atom. The quantitative estimate of drug-likeness (QED) is 0.785. The third-order valence-corrected chi connectivity index (χ3v) is 3.07. The van der Waals surface area contributed by atoms with Gasteiger partial charge in [-0.2, -0.15) is 0 Å². The van der Waals surface area contributed by atoms with E-state index in [1.807, 2.05) is 0 Å². The number of rotatable bonds is 2. The molecule has 0 amide bonds. The van der Waals surface area contributed by atoms with Crippen molar-refractivity contribution in [1.82, 2.24) is 0 Å². The van der Waals surface area contributed by atoms with Gasteiger partial charge in [0, 0.05) is 11.1 Å². The summed E-state index contributed by atoms with van der Waals surface area (Å²) in [6, 6.07) is 2.81. The number of ether oxygens (including phenoxy) is 1. The second-order valence-electron chi connectivity index (χ2n) is 3.99. The van der Waals surface area contributed by atoms with Crippen molar-refractivity contribution < 1.29 is 14.2 Å². The molecule has 1 aromatic carbocycles. The van der Waals surface area contributed by atoms with Gasteiger partial charge in [0.25, 0.3) is 0 Å². The minimum absolute atomic E-state index is 0.121. The number of methoxy groups -OCH3 is 1. The van der Waals surface area contributed by atoms with Crippen molar-refractivity contribution in [3.05, 3.63) is 23.5 Å². The van der Waals surface area contributed by atoms with Crippen LogP contribution in [0.15, 0.2) is 12.1 Å². The van der Waals surface area contributed by atoms with Gasteiger partial charge in [0.1, 0.15) is 0 Å². The number of hydrogen-bond donors (Lipinski definition) is 2. The summed E-state index contributed by atoms with van der Waals surface area (Å²) >= 11 is 0. The van der Waals surface area contributed by atoms with E-state index in [1.165, 1.54) is 19.2 Å². The average Bonchev–Trinajstić information content (AvgIpc) is 2.15. The lowest BCUT2D eigenvalue weighted by atomic mass is 9.72. The zero-order chi connectivity index (χ0) is 11.1. The molecule has 82 valence electrons. The Kier molecular flexibility index (Phi) is 2.31. The molecule has 0 bridgehead atoms. The summed E-state index contributed by atoms with van der Waals surface area (Å²) in [6.45, 7) is 0. The number of hydrogen-bond acceptors (Lipinski definition) is 3. The largest absolute Gasteiger partial charge is 0.504 e. The molecule has 3 N–H and O–H groups in total. The van der Waals surface area contributed by atoms with Gasteiger partial charge in [-0.1, -0.05) is 6.07 Å².